The van der Waals surface area contributed by atoms with E-state index in [4.69, 9.17) is 16.3 Å². The van der Waals surface area contributed by atoms with Gasteiger partial charge in [-0.3, -0.25) is 14.4 Å². The first-order valence-corrected chi connectivity index (χ1v) is 16.1. The fourth-order valence-corrected chi connectivity index (χ4v) is 5.85. The van der Waals surface area contributed by atoms with E-state index < -0.39 is 22.9 Å². The van der Waals surface area contributed by atoms with Crippen molar-refractivity contribution in [3.05, 3.63) is 160 Å². The Morgan fingerprint density at radius 3 is 2.15 bits per heavy atom. The van der Waals surface area contributed by atoms with Gasteiger partial charge in [0.05, 0.1) is 12.8 Å². The smallest absolute Gasteiger partial charge is 0.272 e. The van der Waals surface area contributed by atoms with Gasteiger partial charge >= 0.3 is 0 Å². The second kappa shape index (κ2) is 15.9. The Morgan fingerprint density at radius 2 is 1.48 bits per heavy atom. The highest BCUT2D eigenvalue weighted by Crippen LogP contribution is 2.38. The fraction of sp³-hybridized carbons (Fsp3) is 0.0789. The summed E-state index contributed by atoms with van der Waals surface area (Å²) in [6.07, 6.45) is 1.29. The zero-order valence-electron chi connectivity index (χ0n) is 26.0. The van der Waals surface area contributed by atoms with Crippen molar-refractivity contribution < 1.29 is 23.5 Å². The molecular weight excluding hydrogens is 649 g/mol. The lowest BCUT2D eigenvalue weighted by Crippen LogP contribution is -2.30. The maximum absolute atomic E-state index is 14.5. The zero-order valence-corrected chi connectivity index (χ0v) is 27.6. The van der Waals surface area contributed by atoms with Gasteiger partial charge in [0, 0.05) is 32.8 Å². The van der Waals surface area contributed by atoms with E-state index in [-0.39, 0.29) is 17.2 Å². The van der Waals surface area contributed by atoms with Gasteiger partial charge in [-0.05, 0) is 72.7 Å². The first kappa shape index (κ1) is 34.0. The molecule has 1 atom stereocenters. The number of hydrogen-bond donors (Lipinski definition) is 3. The van der Waals surface area contributed by atoms with E-state index in [1.54, 1.807) is 72.8 Å². The monoisotopic (exact) mass is 679 g/mol. The molecule has 10 heteroatoms. The van der Waals surface area contributed by atoms with Gasteiger partial charge in [-0.1, -0.05) is 78.3 Å². The minimum Gasteiger partial charge on any atom is -0.495 e. The van der Waals surface area contributed by atoms with Crippen molar-refractivity contribution in [1.29, 1.82) is 0 Å². The molecule has 0 spiro atoms. The zero-order chi connectivity index (χ0) is 34.0. The van der Waals surface area contributed by atoms with Crippen LogP contribution in [0.5, 0.6) is 5.75 Å². The molecule has 3 amide bonds. The summed E-state index contributed by atoms with van der Waals surface area (Å²) in [4.78, 5) is 40.8. The van der Waals surface area contributed by atoms with E-state index in [1.165, 1.54) is 43.1 Å². The number of benzene rings is 5. The van der Waals surface area contributed by atoms with Gasteiger partial charge in [0.15, 0.2) is 0 Å². The van der Waals surface area contributed by atoms with E-state index in [0.29, 0.717) is 27.7 Å². The molecule has 0 radical (unpaired) electrons. The van der Waals surface area contributed by atoms with Crippen molar-refractivity contribution in [1.82, 2.24) is 5.32 Å². The molecule has 0 aromatic heterocycles. The SMILES string of the molecule is COc1cc(Cl)c(C)cc1NC(=O)C(Sc1ccc(NC(=O)/C(=C/c2ccccc2F)NC(=O)c2ccccc2)cc1)c1ccccc1. The molecule has 0 aliphatic carbocycles. The number of nitrogens with one attached hydrogen (secondary N) is 3. The van der Waals surface area contributed by atoms with E-state index in [0.717, 1.165) is 16.0 Å². The first-order valence-electron chi connectivity index (χ1n) is 14.8. The van der Waals surface area contributed by atoms with Gasteiger partial charge in [-0.15, -0.1) is 11.8 Å². The molecule has 0 heterocycles. The minimum atomic E-state index is -0.642. The third kappa shape index (κ3) is 8.70. The van der Waals surface area contributed by atoms with Crippen LogP contribution in [0.25, 0.3) is 6.08 Å². The highest BCUT2D eigenvalue weighted by atomic mass is 35.5. The van der Waals surface area contributed by atoms with Crippen LogP contribution < -0.4 is 20.7 Å². The largest absolute Gasteiger partial charge is 0.495 e. The summed E-state index contributed by atoms with van der Waals surface area (Å²) in [5, 5.41) is 8.26. The van der Waals surface area contributed by atoms with Gasteiger partial charge in [0.2, 0.25) is 5.91 Å². The van der Waals surface area contributed by atoms with Crippen molar-refractivity contribution in [3.63, 3.8) is 0 Å². The second-order valence-corrected chi connectivity index (χ2v) is 12.2. The van der Waals surface area contributed by atoms with Crippen molar-refractivity contribution >= 4 is 58.5 Å². The normalized spacial score (nSPS) is 11.7. The number of methoxy groups -OCH3 is 1. The third-order valence-corrected chi connectivity index (χ3v) is 8.85. The number of amides is 3. The van der Waals surface area contributed by atoms with E-state index in [2.05, 4.69) is 16.0 Å². The van der Waals surface area contributed by atoms with Crippen LogP contribution in [0.2, 0.25) is 5.02 Å². The Hall–Kier alpha value is -5.38. The van der Waals surface area contributed by atoms with Crippen LogP contribution in [0.1, 0.15) is 32.3 Å². The molecule has 3 N–H and O–H groups in total. The van der Waals surface area contributed by atoms with Gasteiger partial charge < -0.3 is 20.7 Å². The maximum Gasteiger partial charge on any atom is 0.272 e. The Kier molecular flexibility index (Phi) is 11.3. The van der Waals surface area contributed by atoms with Crippen LogP contribution in [0.15, 0.2) is 132 Å². The van der Waals surface area contributed by atoms with Crippen LogP contribution in [-0.4, -0.2) is 24.8 Å². The second-order valence-electron chi connectivity index (χ2n) is 10.6. The number of aryl methyl sites for hydroxylation is 1. The number of ether oxygens (including phenoxy) is 1. The predicted octanol–water partition coefficient (Wildman–Crippen LogP) is 8.68. The highest BCUT2D eigenvalue weighted by Gasteiger charge is 2.24. The molecule has 5 aromatic rings. The molecular formula is C38H31ClFN3O4S. The molecule has 0 saturated carbocycles. The molecule has 0 saturated heterocycles. The lowest BCUT2D eigenvalue weighted by atomic mass is 10.1. The van der Waals surface area contributed by atoms with Crippen LogP contribution in [0, 0.1) is 12.7 Å². The summed E-state index contributed by atoms with van der Waals surface area (Å²) < 4.78 is 19.9. The van der Waals surface area contributed by atoms with Gasteiger partial charge in [-0.25, -0.2) is 4.39 Å². The lowest BCUT2D eigenvalue weighted by Gasteiger charge is -2.19. The molecule has 48 heavy (non-hydrogen) atoms. The van der Waals surface area contributed by atoms with Crippen molar-refractivity contribution in [2.45, 2.75) is 17.1 Å². The Bertz CT molecular complexity index is 1950. The van der Waals surface area contributed by atoms with Crippen molar-refractivity contribution in [2.24, 2.45) is 0 Å². The number of hydrogen-bond acceptors (Lipinski definition) is 5. The Morgan fingerprint density at radius 1 is 0.833 bits per heavy atom. The average molecular weight is 680 g/mol. The van der Waals surface area contributed by atoms with Gasteiger partial charge in [-0.2, -0.15) is 0 Å². The van der Waals surface area contributed by atoms with Crippen molar-refractivity contribution in [3.8, 4) is 5.75 Å². The van der Waals surface area contributed by atoms with E-state index in [9.17, 15) is 18.8 Å². The number of carbonyl (C=O) groups is 3. The number of halogens is 2. The minimum absolute atomic E-state index is 0.138. The molecule has 5 aromatic carbocycles. The Labute approximate surface area is 287 Å². The fourth-order valence-electron chi connectivity index (χ4n) is 4.67. The quantitative estimate of drug-likeness (QED) is 0.0959. The predicted molar refractivity (Wildman–Crippen MR) is 190 cm³/mol. The van der Waals surface area contributed by atoms with Crippen molar-refractivity contribution in [2.75, 3.05) is 17.7 Å². The lowest BCUT2D eigenvalue weighted by molar-refractivity contribution is -0.116. The Balaban J connectivity index is 1.35. The molecule has 0 aliphatic rings. The van der Waals surface area contributed by atoms with E-state index in [1.807, 2.05) is 37.3 Å². The molecule has 1 unspecified atom stereocenters. The number of thioether (sulfide) groups is 1. The van der Waals surface area contributed by atoms with E-state index >= 15 is 0 Å². The standard InChI is InChI=1S/C38H31ClFN3O4S/c1-24-21-32(34(47-2)23-30(24)39)42-38(46)35(25-11-5-3-6-12-25)48-29-19-17-28(18-20-29)41-37(45)33(22-27-15-9-10-16-31(27)40)43-36(44)26-13-7-4-8-14-26/h3-23,35H,1-2H3,(H,41,45)(H,42,46)(H,43,44)/b33-22-. The molecule has 7 nitrogen and oxygen atoms in total. The molecule has 0 bridgehead atoms. The van der Waals surface area contributed by atoms with Crippen LogP contribution in [0.4, 0.5) is 15.8 Å². The third-order valence-electron chi connectivity index (χ3n) is 7.18. The van der Waals surface area contributed by atoms with Crippen LogP contribution in [-0.2, 0) is 9.59 Å². The van der Waals surface area contributed by atoms with Gasteiger partial charge in [0.1, 0.15) is 22.5 Å². The summed E-state index contributed by atoms with van der Waals surface area (Å²) in [6.45, 7) is 1.84. The first-order chi connectivity index (χ1) is 23.2. The topological polar surface area (TPSA) is 96.5 Å². The number of carbonyl (C=O) groups excluding carboxylic acids is 3. The number of rotatable bonds is 11. The van der Waals surface area contributed by atoms with Crippen LogP contribution >= 0.6 is 23.4 Å². The number of anilines is 2. The summed E-state index contributed by atoms with van der Waals surface area (Å²) in [7, 11) is 1.51. The highest BCUT2D eigenvalue weighted by molar-refractivity contribution is 8.00. The summed E-state index contributed by atoms with van der Waals surface area (Å²) in [5.74, 6) is -1.52. The summed E-state index contributed by atoms with van der Waals surface area (Å²) in [5.41, 5.74) is 2.86. The molecule has 5 rings (SSSR count). The van der Waals surface area contributed by atoms with Crippen LogP contribution in [0.3, 0.4) is 0 Å². The molecule has 0 aliphatic heterocycles. The summed E-state index contributed by atoms with van der Waals surface area (Å²) >= 11 is 7.59. The molecule has 0 fully saturated rings. The maximum atomic E-state index is 14.5. The van der Waals surface area contributed by atoms with Gasteiger partial charge in [0.25, 0.3) is 11.8 Å². The molecule has 242 valence electrons. The average Bonchev–Trinajstić information content (AvgIpc) is 3.10. The summed E-state index contributed by atoms with van der Waals surface area (Å²) in [6, 6.07) is 34.1.